The molecule has 0 spiro atoms. The molecule has 0 fully saturated rings. The van der Waals surface area contributed by atoms with E-state index >= 15 is 0 Å². The minimum Gasteiger partial charge on any atom is -0.494 e. The number of hydrogen-bond donors (Lipinski definition) is 2. The van der Waals surface area contributed by atoms with Crippen molar-refractivity contribution in [2.75, 3.05) is 38.4 Å². The fraction of sp³-hybridized carbons (Fsp3) is 0.185. The second kappa shape index (κ2) is 12.3. The number of carbonyl (C=O) groups is 1. The number of amides is 1. The van der Waals surface area contributed by atoms with Gasteiger partial charge in [0.05, 0.1) is 29.0 Å². The summed E-state index contributed by atoms with van der Waals surface area (Å²) >= 11 is 6.45. The summed E-state index contributed by atoms with van der Waals surface area (Å²) in [7, 11) is 5.01. The molecule has 0 saturated carbocycles. The quantitative estimate of drug-likeness (QED) is 0.261. The zero-order chi connectivity index (χ0) is 27.1. The number of pyridine rings is 1. The smallest absolute Gasteiger partial charge is 0.284 e. The Morgan fingerprint density at radius 3 is 2.66 bits per heavy atom. The molecule has 0 unspecified atom stereocenters. The average molecular weight is 537 g/mol. The first kappa shape index (κ1) is 26.8. The number of ether oxygens (including phenoxy) is 2. The zero-order valence-electron chi connectivity index (χ0n) is 21.0. The van der Waals surface area contributed by atoms with Crippen LogP contribution in [-0.4, -0.2) is 53.5 Å². The van der Waals surface area contributed by atoms with E-state index in [0.717, 1.165) is 5.69 Å². The van der Waals surface area contributed by atoms with E-state index in [0.29, 0.717) is 38.9 Å². The number of aromatic nitrogens is 3. The van der Waals surface area contributed by atoms with Crippen molar-refractivity contribution in [1.29, 1.82) is 0 Å². The van der Waals surface area contributed by atoms with Crippen molar-refractivity contribution in [3.05, 3.63) is 83.7 Å². The van der Waals surface area contributed by atoms with Crippen molar-refractivity contribution in [2.24, 2.45) is 0 Å². The third-order valence-corrected chi connectivity index (χ3v) is 5.65. The highest BCUT2D eigenvalue weighted by atomic mass is 35.5. The molecule has 0 saturated heterocycles. The second-order valence-corrected chi connectivity index (χ2v) is 8.85. The minimum absolute atomic E-state index is 0.271. The number of anilines is 3. The van der Waals surface area contributed by atoms with Gasteiger partial charge in [0.2, 0.25) is 0 Å². The lowest BCUT2D eigenvalue weighted by atomic mass is 10.1. The average Bonchev–Trinajstić information content (AvgIpc) is 2.91. The summed E-state index contributed by atoms with van der Waals surface area (Å²) in [5, 5.41) is 6.75. The summed E-state index contributed by atoms with van der Waals surface area (Å²) in [5.41, 5.74) is 2.26. The van der Waals surface area contributed by atoms with Crippen LogP contribution in [0.3, 0.4) is 0 Å². The monoisotopic (exact) mass is 536 g/mol. The number of nitrogens with one attached hydrogen (secondary N) is 2. The van der Waals surface area contributed by atoms with E-state index in [1.165, 1.54) is 19.5 Å². The van der Waals surface area contributed by atoms with Crippen molar-refractivity contribution in [1.82, 2.24) is 19.9 Å². The van der Waals surface area contributed by atoms with E-state index in [2.05, 4.69) is 25.6 Å². The highest BCUT2D eigenvalue weighted by Crippen LogP contribution is 2.35. The molecule has 0 aliphatic heterocycles. The minimum atomic E-state index is -0.900. The number of benzene rings is 2. The molecule has 2 heterocycles. The lowest BCUT2D eigenvalue weighted by molar-refractivity contribution is -0.114. The van der Waals surface area contributed by atoms with E-state index in [4.69, 9.17) is 21.1 Å². The predicted molar refractivity (Wildman–Crippen MR) is 146 cm³/mol. The van der Waals surface area contributed by atoms with E-state index in [9.17, 15) is 9.18 Å². The molecule has 0 aliphatic carbocycles. The third kappa shape index (κ3) is 6.72. The maximum atomic E-state index is 14.3. The van der Waals surface area contributed by atoms with Gasteiger partial charge in [0.15, 0.2) is 5.83 Å². The molecule has 2 aromatic heterocycles. The Kier molecular flexibility index (Phi) is 8.67. The number of rotatable bonds is 10. The highest BCUT2D eigenvalue weighted by molar-refractivity contribution is 6.32. The molecule has 1 amide bonds. The fourth-order valence-electron chi connectivity index (χ4n) is 3.46. The summed E-state index contributed by atoms with van der Waals surface area (Å²) in [6.45, 7) is 0.566. The second-order valence-electron chi connectivity index (χ2n) is 8.44. The van der Waals surface area contributed by atoms with Crippen LogP contribution in [0, 0.1) is 0 Å². The molecule has 0 radical (unpaired) electrons. The normalized spacial score (nSPS) is 11.5. The maximum Gasteiger partial charge on any atom is 0.284 e. The zero-order valence-corrected chi connectivity index (χ0v) is 21.8. The van der Waals surface area contributed by atoms with E-state index in [1.54, 1.807) is 55.5 Å². The van der Waals surface area contributed by atoms with Gasteiger partial charge in [0.1, 0.15) is 30.3 Å². The first-order valence-electron chi connectivity index (χ1n) is 11.6. The van der Waals surface area contributed by atoms with Gasteiger partial charge in [0, 0.05) is 29.9 Å². The molecule has 196 valence electrons. The third-order valence-electron chi connectivity index (χ3n) is 5.35. The van der Waals surface area contributed by atoms with E-state index in [-0.39, 0.29) is 18.8 Å². The molecule has 2 N–H and O–H groups in total. The van der Waals surface area contributed by atoms with Crippen LogP contribution in [0.5, 0.6) is 11.5 Å². The summed E-state index contributed by atoms with van der Waals surface area (Å²) in [6.07, 6.45) is 4.30. The van der Waals surface area contributed by atoms with Crippen LogP contribution < -0.4 is 20.1 Å². The summed E-state index contributed by atoms with van der Waals surface area (Å²) < 4.78 is 25.5. The largest absolute Gasteiger partial charge is 0.494 e. The molecule has 2 aromatic carbocycles. The van der Waals surface area contributed by atoms with Gasteiger partial charge in [-0.3, -0.25) is 9.78 Å². The van der Waals surface area contributed by atoms with Gasteiger partial charge in [-0.25, -0.2) is 14.4 Å². The Hall–Kier alpha value is -4.28. The fourth-order valence-corrected chi connectivity index (χ4v) is 3.69. The number of nitrogens with zero attached hydrogens (tertiary/aromatic N) is 4. The highest BCUT2D eigenvalue weighted by Gasteiger charge is 2.16. The van der Waals surface area contributed by atoms with Crippen LogP contribution in [0.4, 0.5) is 21.6 Å². The topological polar surface area (TPSA) is 102 Å². The molecular formula is C27H26ClFN6O3. The number of carbonyl (C=O) groups excluding carboxylic acids is 1. The molecular weight excluding hydrogens is 511 g/mol. The number of hydrogen-bond acceptors (Lipinski definition) is 8. The predicted octanol–water partition coefficient (Wildman–Crippen LogP) is 5.36. The molecule has 11 heteroatoms. The molecule has 9 nitrogen and oxygen atoms in total. The van der Waals surface area contributed by atoms with Gasteiger partial charge in [-0.2, -0.15) is 0 Å². The van der Waals surface area contributed by atoms with Crippen LogP contribution in [0.25, 0.3) is 10.9 Å². The molecule has 4 rings (SSSR count). The first-order chi connectivity index (χ1) is 18.3. The number of fused-ring (bicyclic) bond motifs is 1. The Balaban J connectivity index is 1.56. The molecule has 0 aliphatic rings. The molecule has 4 aromatic rings. The number of halogens is 2. The van der Waals surface area contributed by atoms with Crippen LogP contribution in [0.1, 0.15) is 5.69 Å². The Morgan fingerprint density at radius 1 is 1.11 bits per heavy atom. The number of likely N-dealkylation sites (N-methyl/N-ethyl adjacent to an activating group) is 1. The van der Waals surface area contributed by atoms with Gasteiger partial charge in [0.25, 0.3) is 5.91 Å². The van der Waals surface area contributed by atoms with Crippen LogP contribution >= 0.6 is 11.6 Å². The maximum absolute atomic E-state index is 14.3. The van der Waals surface area contributed by atoms with Crippen molar-refractivity contribution in [2.45, 2.75) is 6.61 Å². The Bertz CT molecular complexity index is 1470. The van der Waals surface area contributed by atoms with Crippen molar-refractivity contribution >= 4 is 45.6 Å². The van der Waals surface area contributed by atoms with E-state index in [1.807, 2.05) is 18.2 Å². The van der Waals surface area contributed by atoms with Crippen LogP contribution in [-0.2, 0) is 11.4 Å². The molecule has 0 bridgehead atoms. The first-order valence-corrected chi connectivity index (χ1v) is 12.0. The van der Waals surface area contributed by atoms with Crippen LogP contribution in [0.15, 0.2) is 73.0 Å². The van der Waals surface area contributed by atoms with E-state index < -0.39 is 11.7 Å². The SMILES string of the molecule is COc1cc2ncnc(Nc3ccc(OCc4ccccn4)c(Cl)c3)c2cc1NC(=O)/C(F)=C/CN(C)C. The Labute approximate surface area is 224 Å². The van der Waals surface area contributed by atoms with Gasteiger partial charge >= 0.3 is 0 Å². The van der Waals surface area contributed by atoms with Gasteiger partial charge in [-0.1, -0.05) is 17.7 Å². The molecule has 38 heavy (non-hydrogen) atoms. The van der Waals surface area contributed by atoms with Gasteiger partial charge < -0.3 is 25.0 Å². The summed E-state index contributed by atoms with van der Waals surface area (Å²) in [5.74, 6) is -0.495. The number of methoxy groups -OCH3 is 1. The van der Waals surface area contributed by atoms with Crippen molar-refractivity contribution in [3.8, 4) is 11.5 Å². The summed E-state index contributed by atoms with van der Waals surface area (Å²) in [4.78, 5) is 27.0. The molecule has 0 atom stereocenters. The lowest BCUT2D eigenvalue weighted by Crippen LogP contribution is -2.16. The van der Waals surface area contributed by atoms with Gasteiger partial charge in [-0.15, -0.1) is 0 Å². The van der Waals surface area contributed by atoms with Crippen molar-refractivity contribution in [3.63, 3.8) is 0 Å². The Morgan fingerprint density at radius 2 is 1.95 bits per heavy atom. The van der Waals surface area contributed by atoms with Crippen LogP contribution in [0.2, 0.25) is 5.02 Å². The van der Waals surface area contributed by atoms with Crippen molar-refractivity contribution < 1.29 is 18.7 Å². The van der Waals surface area contributed by atoms with Gasteiger partial charge in [-0.05, 0) is 56.6 Å². The lowest BCUT2D eigenvalue weighted by Gasteiger charge is -2.14. The standard InChI is InChI=1S/C27H26ClFN6O3/c1-35(2)11-9-21(29)27(36)34-23-13-19-22(14-25(23)37-3)31-16-32-26(19)33-17-7-8-24(20(28)12-17)38-15-18-6-4-5-10-30-18/h4-10,12-14,16H,11,15H2,1-3H3,(H,34,36)(H,31,32,33)/b21-9-. The summed E-state index contributed by atoms with van der Waals surface area (Å²) in [6, 6.07) is 14.1.